The van der Waals surface area contributed by atoms with Crippen LogP contribution in [0.4, 0.5) is 0 Å². The highest BCUT2D eigenvalue weighted by Crippen LogP contribution is 2.39. The first-order valence-corrected chi connectivity index (χ1v) is 8.58. The van der Waals surface area contributed by atoms with Gasteiger partial charge >= 0.3 is 0 Å². The maximum atomic E-state index is 12.6. The highest BCUT2D eigenvalue weighted by molar-refractivity contribution is 5.94. The van der Waals surface area contributed by atoms with Crippen LogP contribution in [0.2, 0.25) is 0 Å². The molecule has 0 radical (unpaired) electrons. The fourth-order valence-corrected chi connectivity index (χ4v) is 4.24. The van der Waals surface area contributed by atoms with Crippen molar-refractivity contribution >= 4 is 5.91 Å². The maximum absolute atomic E-state index is 12.6. The zero-order valence-electron chi connectivity index (χ0n) is 13.5. The minimum atomic E-state index is -0.0509. The number of fused-ring (bicyclic) bond motifs is 2. The van der Waals surface area contributed by atoms with E-state index < -0.39 is 0 Å². The van der Waals surface area contributed by atoms with Crippen molar-refractivity contribution in [2.75, 3.05) is 0 Å². The largest absolute Gasteiger partial charge is 0.349 e. The van der Waals surface area contributed by atoms with Crippen LogP contribution in [0, 0.1) is 11.8 Å². The number of aromatic nitrogens is 4. The molecular weight excluding hydrogens is 304 g/mol. The Balaban J connectivity index is 1.46. The molecule has 0 aliphatic heterocycles. The number of amides is 1. The molecule has 126 valence electrons. The first kappa shape index (κ1) is 15.3. The summed E-state index contributed by atoms with van der Waals surface area (Å²) in [6.45, 7) is 0. The van der Waals surface area contributed by atoms with Gasteiger partial charge in [0, 0.05) is 18.3 Å². The van der Waals surface area contributed by atoms with E-state index >= 15 is 0 Å². The summed E-state index contributed by atoms with van der Waals surface area (Å²) >= 11 is 0. The third-order valence-electron chi connectivity index (χ3n) is 5.34. The third kappa shape index (κ3) is 2.91. The standard InChI is InChI=1S/C17H22N6O/c18-14-6-11-2-1-3-12(7-14)16(11)22-17(24)13-4-5-15(20-8-13)23-10-19-9-21-23/h4-5,8-12,14,16H,1-3,6-7,18H2,(H,22,24). The highest BCUT2D eigenvalue weighted by atomic mass is 16.1. The van der Waals surface area contributed by atoms with Crippen LogP contribution in [-0.4, -0.2) is 37.7 Å². The average Bonchev–Trinajstić information content (AvgIpc) is 3.10. The lowest BCUT2D eigenvalue weighted by Crippen LogP contribution is -2.53. The molecular formula is C17H22N6O. The highest BCUT2D eigenvalue weighted by Gasteiger charge is 2.39. The van der Waals surface area contributed by atoms with Gasteiger partial charge in [-0.3, -0.25) is 4.79 Å². The fraction of sp³-hybridized carbons (Fsp3) is 0.529. The molecule has 2 aliphatic rings. The molecule has 0 spiro atoms. The molecule has 2 aromatic heterocycles. The van der Waals surface area contributed by atoms with Crippen LogP contribution in [0.3, 0.4) is 0 Å². The summed E-state index contributed by atoms with van der Waals surface area (Å²) in [6, 6.07) is 4.10. The van der Waals surface area contributed by atoms with Crippen molar-refractivity contribution in [3.8, 4) is 5.82 Å². The topological polar surface area (TPSA) is 98.7 Å². The predicted molar refractivity (Wildman–Crippen MR) is 88.4 cm³/mol. The van der Waals surface area contributed by atoms with Gasteiger partial charge in [0.2, 0.25) is 0 Å². The van der Waals surface area contributed by atoms with Crippen molar-refractivity contribution in [2.45, 2.75) is 44.2 Å². The van der Waals surface area contributed by atoms with Gasteiger partial charge in [-0.2, -0.15) is 5.10 Å². The number of hydrogen-bond acceptors (Lipinski definition) is 5. The van der Waals surface area contributed by atoms with E-state index in [2.05, 4.69) is 20.4 Å². The van der Waals surface area contributed by atoms with Crippen LogP contribution >= 0.6 is 0 Å². The van der Waals surface area contributed by atoms with Crippen molar-refractivity contribution in [1.29, 1.82) is 0 Å². The van der Waals surface area contributed by atoms with E-state index in [4.69, 9.17) is 5.73 Å². The summed E-state index contributed by atoms with van der Waals surface area (Å²) in [5.41, 5.74) is 6.73. The monoisotopic (exact) mass is 326 g/mol. The molecule has 1 amide bonds. The Morgan fingerprint density at radius 2 is 2.04 bits per heavy atom. The SMILES string of the molecule is NC1CC2CCCC(C1)C2NC(=O)c1ccc(-n2cncn2)nc1. The Kier molecular flexibility index (Phi) is 4.02. The summed E-state index contributed by atoms with van der Waals surface area (Å²) in [6.07, 6.45) is 10.2. The average molecular weight is 326 g/mol. The van der Waals surface area contributed by atoms with Gasteiger partial charge in [0.05, 0.1) is 5.56 Å². The van der Waals surface area contributed by atoms with Gasteiger partial charge in [0.15, 0.2) is 5.82 Å². The molecule has 2 aliphatic carbocycles. The number of carbonyl (C=O) groups excluding carboxylic acids is 1. The Morgan fingerprint density at radius 1 is 1.25 bits per heavy atom. The minimum Gasteiger partial charge on any atom is -0.349 e. The summed E-state index contributed by atoms with van der Waals surface area (Å²) in [7, 11) is 0. The Bertz CT molecular complexity index is 684. The van der Waals surface area contributed by atoms with Crippen LogP contribution in [-0.2, 0) is 0 Å². The van der Waals surface area contributed by atoms with E-state index in [0.717, 1.165) is 12.8 Å². The Morgan fingerprint density at radius 3 is 2.67 bits per heavy atom. The van der Waals surface area contributed by atoms with Crippen molar-refractivity contribution in [3.63, 3.8) is 0 Å². The van der Waals surface area contributed by atoms with Crippen LogP contribution in [0.25, 0.3) is 5.82 Å². The number of rotatable bonds is 3. The zero-order valence-corrected chi connectivity index (χ0v) is 13.5. The lowest BCUT2D eigenvalue weighted by molar-refractivity contribution is 0.0755. The number of nitrogens with zero attached hydrogens (tertiary/aromatic N) is 4. The van der Waals surface area contributed by atoms with Gasteiger partial charge in [-0.15, -0.1) is 0 Å². The van der Waals surface area contributed by atoms with E-state index in [0.29, 0.717) is 23.2 Å². The van der Waals surface area contributed by atoms with Crippen molar-refractivity contribution < 1.29 is 4.79 Å². The van der Waals surface area contributed by atoms with Gasteiger partial charge in [-0.1, -0.05) is 6.42 Å². The second-order valence-electron chi connectivity index (χ2n) is 6.93. The van der Waals surface area contributed by atoms with Crippen molar-refractivity contribution in [3.05, 3.63) is 36.5 Å². The van der Waals surface area contributed by atoms with Crippen LogP contribution in [0.1, 0.15) is 42.5 Å². The molecule has 2 heterocycles. The molecule has 7 nitrogen and oxygen atoms in total. The molecule has 3 N–H and O–H groups in total. The Hall–Kier alpha value is -2.28. The zero-order chi connectivity index (χ0) is 16.5. The molecule has 0 aromatic carbocycles. The van der Waals surface area contributed by atoms with E-state index in [1.807, 2.05) is 0 Å². The first-order chi connectivity index (χ1) is 11.7. The number of nitrogens with one attached hydrogen (secondary N) is 1. The maximum Gasteiger partial charge on any atom is 0.253 e. The molecule has 2 saturated carbocycles. The van der Waals surface area contributed by atoms with Crippen LogP contribution in [0.5, 0.6) is 0 Å². The van der Waals surface area contributed by atoms with E-state index in [-0.39, 0.29) is 18.0 Å². The minimum absolute atomic E-state index is 0.0509. The first-order valence-electron chi connectivity index (χ1n) is 8.58. The molecule has 2 bridgehead atoms. The summed E-state index contributed by atoms with van der Waals surface area (Å²) in [4.78, 5) is 20.8. The van der Waals surface area contributed by atoms with Gasteiger partial charge in [0.25, 0.3) is 5.91 Å². The van der Waals surface area contributed by atoms with Crippen LogP contribution < -0.4 is 11.1 Å². The number of pyridine rings is 1. The smallest absolute Gasteiger partial charge is 0.253 e. The van der Waals surface area contributed by atoms with Crippen molar-refractivity contribution in [1.82, 2.24) is 25.1 Å². The van der Waals surface area contributed by atoms with E-state index in [1.165, 1.54) is 25.6 Å². The number of carbonyl (C=O) groups is 1. The number of hydrogen-bond donors (Lipinski definition) is 2. The molecule has 7 heteroatoms. The van der Waals surface area contributed by atoms with E-state index in [9.17, 15) is 4.79 Å². The predicted octanol–water partition coefficient (Wildman–Crippen LogP) is 1.30. The summed E-state index contributed by atoms with van der Waals surface area (Å²) in [5.74, 6) is 1.62. The van der Waals surface area contributed by atoms with Gasteiger partial charge < -0.3 is 11.1 Å². The summed E-state index contributed by atoms with van der Waals surface area (Å²) in [5, 5.41) is 7.27. The third-order valence-corrected chi connectivity index (χ3v) is 5.34. The quantitative estimate of drug-likeness (QED) is 0.886. The lowest BCUT2D eigenvalue weighted by atomic mass is 9.67. The van der Waals surface area contributed by atoms with Gasteiger partial charge in [-0.05, 0) is 49.7 Å². The molecule has 4 rings (SSSR count). The second-order valence-corrected chi connectivity index (χ2v) is 6.93. The molecule has 0 saturated heterocycles. The van der Waals surface area contributed by atoms with E-state index in [1.54, 1.807) is 29.3 Å². The molecule has 2 aromatic rings. The Labute approximate surface area is 140 Å². The van der Waals surface area contributed by atoms with Gasteiger partial charge in [-0.25, -0.2) is 14.6 Å². The molecule has 2 atom stereocenters. The van der Waals surface area contributed by atoms with Crippen LogP contribution in [0.15, 0.2) is 31.0 Å². The second kappa shape index (κ2) is 6.32. The van der Waals surface area contributed by atoms with Gasteiger partial charge in [0.1, 0.15) is 12.7 Å². The number of nitrogens with two attached hydrogens (primary N) is 1. The fourth-order valence-electron chi connectivity index (χ4n) is 4.24. The molecule has 24 heavy (non-hydrogen) atoms. The van der Waals surface area contributed by atoms with Crippen molar-refractivity contribution in [2.24, 2.45) is 17.6 Å². The summed E-state index contributed by atoms with van der Waals surface area (Å²) < 4.78 is 1.56. The lowest BCUT2D eigenvalue weighted by Gasteiger charge is -2.45. The molecule has 2 unspecified atom stereocenters. The molecule has 2 fully saturated rings. The normalized spacial score (nSPS) is 29.2.